The summed E-state index contributed by atoms with van der Waals surface area (Å²) in [6.07, 6.45) is 2.88. The molecule has 2 aromatic heterocycles. The third-order valence-electron chi connectivity index (χ3n) is 7.32. The van der Waals surface area contributed by atoms with Gasteiger partial charge >= 0.3 is 0 Å². The van der Waals surface area contributed by atoms with Crippen molar-refractivity contribution >= 4 is 23.2 Å². The van der Waals surface area contributed by atoms with Crippen LogP contribution in [0.2, 0.25) is 5.02 Å². The van der Waals surface area contributed by atoms with Crippen LogP contribution >= 0.6 is 11.6 Å². The molecule has 0 bridgehead atoms. The first-order valence-electron chi connectivity index (χ1n) is 12.2. The van der Waals surface area contributed by atoms with E-state index in [1.165, 1.54) is 12.1 Å². The number of H-pyrrole nitrogens is 1. The van der Waals surface area contributed by atoms with Crippen molar-refractivity contribution in [2.75, 3.05) is 11.9 Å². The van der Waals surface area contributed by atoms with Crippen LogP contribution in [0.1, 0.15) is 55.1 Å². The van der Waals surface area contributed by atoms with Crippen molar-refractivity contribution < 1.29 is 18.3 Å². The molecule has 0 unspecified atom stereocenters. The van der Waals surface area contributed by atoms with E-state index in [0.29, 0.717) is 43.1 Å². The SMILES string of the molecule is Cc1cc(Nc2cc(C3(O)CC3)c(F)c(C[C@@H]3CCN(Cc4c(F)ccc(Cl)c4F)[C@H](C)C3)n2)n[nH]1. The molecule has 2 fully saturated rings. The predicted molar refractivity (Wildman–Crippen MR) is 132 cm³/mol. The lowest BCUT2D eigenvalue weighted by atomic mass is 9.87. The van der Waals surface area contributed by atoms with Gasteiger partial charge in [-0.1, -0.05) is 11.6 Å². The highest BCUT2D eigenvalue weighted by Gasteiger charge is 2.45. The number of hydrogen-bond acceptors (Lipinski definition) is 5. The summed E-state index contributed by atoms with van der Waals surface area (Å²) in [4.78, 5) is 6.56. The van der Waals surface area contributed by atoms with Crippen molar-refractivity contribution in [3.63, 3.8) is 0 Å². The number of nitrogens with zero attached hydrogens (tertiary/aromatic N) is 3. The minimum atomic E-state index is -1.15. The number of aromatic amines is 1. The Bertz CT molecular complexity index is 1280. The van der Waals surface area contributed by atoms with E-state index in [9.17, 15) is 13.9 Å². The van der Waals surface area contributed by atoms with Crippen LogP contribution in [0.15, 0.2) is 24.3 Å². The van der Waals surface area contributed by atoms with Gasteiger partial charge in [0.05, 0.1) is 16.3 Å². The molecule has 0 spiro atoms. The van der Waals surface area contributed by atoms with Gasteiger partial charge in [-0.05, 0) is 76.6 Å². The van der Waals surface area contributed by atoms with Gasteiger partial charge in [0.25, 0.3) is 0 Å². The first kappa shape index (κ1) is 25.0. The highest BCUT2D eigenvalue weighted by atomic mass is 35.5. The second-order valence-corrected chi connectivity index (χ2v) is 10.6. The van der Waals surface area contributed by atoms with Gasteiger partial charge in [-0.25, -0.2) is 18.2 Å². The Morgan fingerprint density at radius 2 is 1.97 bits per heavy atom. The molecule has 5 rings (SSSR count). The van der Waals surface area contributed by atoms with E-state index in [1.54, 1.807) is 6.07 Å². The molecule has 3 aromatic rings. The van der Waals surface area contributed by atoms with Gasteiger partial charge in [-0.15, -0.1) is 0 Å². The fourth-order valence-electron chi connectivity index (χ4n) is 5.05. The summed E-state index contributed by atoms with van der Waals surface area (Å²) in [6.45, 7) is 4.62. The molecule has 0 amide bonds. The van der Waals surface area contributed by atoms with Crippen LogP contribution in [0.25, 0.3) is 0 Å². The number of aryl methyl sites for hydroxylation is 1. The van der Waals surface area contributed by atoms with E-state index in [4.69, 9.17) is 11.6 Å². The van der Waals surface area contributed by atoms with Crippen LogP contribution in [-0.4, -0.2) is 37.8 Å². The van der Waals surface area contributed by atoms with Crippen LogP contribution in [-0.2, 0) is 18.6 Å². The topological polar surface area (TPSA) is 77.1 Å². The number of anilines is 2. The van der Waals surface area contributed by atoms with Gasteiger partial charge in [-0.3, -0.25) is 10.00 Å². The maximum Gasteiger partial charge on any atom is 0.153 e. The first-order valence-corrected chi connectivity index (χ1v) is 12.6. The van der Waals surface area contributed by atoms with Crippen LogP contribution < -0.4 is 5.32 Å². The summed E-state index contributed by atoms with van der Waals surface area (Å²) in [5, 5.41) is 20.7. The number of likely N-dealkylation sites (tertiary alicyclic amines) is 1. The molecule has 2 aliphatic rings. The molecular formula is C26H29ClF3N5O. The molecule has 36 heavy (non-hydrogen) atoms. The maximum absolute atomic E-state index is 15.5. The van der Waals surface area contributed by atoms with Crippen LogP contribution in [0.3, 0.4) is 0 Å². The second-order valence-electron chi connectivity index (χ2n) is 10.1. The molecule has 3 heterocycles. The van der Waals surface area contributed by atoms with E-state index in [-0.39, 0.29) is 34.7 Å². The zero-order chi connectivity index (χ0) is 25.6. The average Bonchev–Trinajstić information content (AvgIpc) is 3.45. The zero-order valence-corrected chi connectivity index (χ0v) is 21.0. The molecule has 10 heteroatoms. The summed E-state index contributed by atoms with van der Waals surface area (Å²) in [6, 6.07) is 5.82. The number of hydrogen-bond donors (Lipinski definition) is 3. The normalized spacial score (nSPS) is 21.5. The molecule has 1 saturated carbocycles. The third kappa shape index (κ3) is 5.10. The standard InChI is InChI=1S/C26H29ClF3N5O/c1-14-9-23(34-33-14)32-22-12-18(26(36)6-7-26)25(30)21(31-22)11-16-5-8-35(15(2)10-16)13-17-20(28)4-3-19(27)24(17)29/h3-4,9,12,15-16,36H,5-8,10-11,13H2,1-2H3,(H2,31,32,33,34)/t15-,16-/m1/s1. The number of halogens is 4. The largest absolute Gasteiger partial charge is 0.385 e. The molecule has 0 radical (unpaired) electrons. The molecule has 6 nitrogen and oxygen atoms in total. The number of rotatable bonds is 7. The lowest BCUT2D eigenvalue weighted by Crippen LogP contribution is -2.41. The van der Waals surface area contributed by atoms with E-state index in [2.05, 4.69) is 20.5 Å². The molecule has 2 atom stereocenters. The Balaban J connectivity index is 1.32. The van der Waals surface area contributed by atoms with Crippen molar-refractivity contribution in [3.05, 3.63) is 69.3 Å². The van der Waals surface area contributed by atoms with E-state index in [1.807, 2.05) is 24.8 Å². The molecule has 3 N–H and O–H groups in total. The van der Waals surface area contributed by atoms with Gasteiger partial charge in [0.1, 0.15) is 17.5 Å². The van der Waals surface area contributed by atoms with Crippen molar-refractivity contribution in [2.45, 2.75) is 64.1 Å². The minimum Gasteiger partial charge on any atom is -0.385 e. The van der Waals surface area contributed by atoms with E-state index < -0.39 is 23.1 Å². The number of piperidine rings is 1. The van der Waals surface area contributed by atoms with Crippen molar-refractivity contribution in [3.8, 4) is 0 Å². The lowest BCUT2D eigenvalue weighted by molar-refractivity contribution is 0.112. The number of aromatic nitrogens is 3. The Kier molecular flexibility index (Phi) is 6.74. The van der Waals surface area contributed by atoms with Crippen molar-refractivity contribution in [2.24, 2.45) is 5.92 Å². The molecule has 1 aromatic carbocycles. The highest BCUT2D eigenvalue weighted by Crippen LogP contribution is 2.47. The molecular weight excluding hydrogens is 491 g/mol. The Hall–Kier alpha value is -2.62. The number of benzene rings is 1. The van der Waals surface area contributed by atoms with Crippen LogP contribution in [0.5, 0.6) is 0 Å². The quantitative estimate of drug-likeness (QED) is 0.346. The van der Waals surface area contributed by atoms with Crippen molar-refractivity contribution in [1.82, 2.24) is 20.1 Å². The smallest absolute Gasteiger partial charge is 0.153 e. The molecule has 1 aliphatic carbocycles. The Morgan fingerprint density at radius 3 is 2.64 bits per heavy atom. The van der Waals surface area contributed by atoms with Crippen molar-refractivity contribution in [1.29, 1.82) is 0 Å². The van der Waals surface area contributed by atoms with Crippen LogP contribution in [0, 0.1) is 30.3 Å². The average molecular weight is 520 g/mol. The van der Waals surface area contributed by atoms with Gasteiger partial charge < -0.3 is 10.4 Å². The molecule has 1 aliphatic heterocycles. The molecule has 1 saturated heterocycles. The summed E-state index contributed by atoms with van der Waals surface area (Å²) in [5.41, 5.74) is 0.260. The number of nitrogens with one attached hydrogen (secondary N) is 2. The highest BCUT2D eigenvalue weighted by molar-refractivity contribution is 6.30. The maximum atomic E-state index is 15.5. The van der Waals surface area contributed by atoms with E-state index >= 15 is 4.39 Å². The van der Waals surface area contributed by atoms with Gasteiger partial charge in [0.15, 0.2) is 11.6 Å². The summed E-state index contributed by atoms with van der Waals surface area (Å²) >= 11 is 5.85. The van der Waals surface area contributed by atoms with Crippen LogP contribution in [0.4, 0.5) is 24.8 Å². The predicted octanol–water partition coefficient (Wildman–Crippen LogP) is 5.75. The Labute approximate surface area is 212 Å². The number of pyridine rings is 1. The van der Waals surface area contributed by atoms with Gasteiger partial charge in [0, 0.05) is 35.5 Å². The summed E-state index contributed by atoms with van der Waals surface area (Å²) in [5.74, 6) is -0.660. The minimum absolute atomic E-state index is 0.0322. The number of aliphatic hydroxyl groups is 1. The summed E-state index contributed by atoms with van der Waals surface area (Å²) in [7, 11) is 0. The third-order valence-corrected chi connectivity index (χ3v) is 7.61. The van der Waals surface area contributed by atoms with E-state index in [0.717, 1.165) is 18.5 Å². The lowest BCUT2D eigenvalue weighted by Gasteiger charge is -2.38. The molecule has 192 valence electrons. The fraction of sp³-hybridized carbons (Fsp3) is 0.462. The zero-order valence-electron chi connectivity index (χ0n) is 20.2. The van der Waals surface area contributed by atoms with Gasteiger partial charge in [0.2, 0.25) is 0 Å². The fourth-order valence-corrected chi connectivity index (χ4v) is 5.23. The van der Waals surface area contributed by atoms with Gasteiger partial charge in [-0.2, -0.15) is 5.10 Å². The summed E-state index contributed by atoms with van der Waals surface area (Å²) < 4.78 is 44.2. The second kappa shape index (κ2) is 9.68. The Morgan fingerprint density at radius 1 is 1.19 bits per heavy atom. The first-order chi connectivity index (χ1) is 17.1. The monoisotopic (exact) mass is 519 g/mol.